The number of carbonyl (C=O) groups is 2. The predicted molar refractivity (Wildman–Crippen MR) is 71.4 cm³/mol. The number of quaternary nitrogens is 1. The number of carboxylic acid groups (broad SMARTS) is 2. The van der Waals surface area contributed by atoms with Gasteiger partial charge in [0.25, 0.3) is 0 Å². The highest BCUT2D eigenvalue weighted by molar-refractivity contribution is 5.85. The summed E-state index contributed by atoms with van der Waals surface area (Å²) in [5, 5.41) is 16.4. The van der Waals surface area contributed by atoms with Crippen molar-refractivity contribution in [3.8, 4) is 0 Å². The first-order valence-corrected chi connectivity index (χ1v) is 5.57. The van der Waals surface area contributed by atoms with Crippen molar-refractivity contribution in [2.24, 2.45) is 0 Å². The molecular formula is C13H24ClNO4. The maximum Gasteiger partial charge on any atom is 0.330 e. The third-order valence-corrected chi connectivity index (χ3v) is 1.98. The van der Waals surface area contributed by atoms with Crippen molar-refractivity contribution in [1.29, 1.82) is 0 Å². The van der Waals surface area contributed by atoms with Crippen LogP contribution in [0.4, 0.5) is 0 Å². The number of rotatable bonds is 6. The summed E-state index contributed by atoms with van der Waals surface area (Å²) in [6, 6.07) is 0. The second-order valence-corrected chi connectivity index (χ2v) is 5.11. The van der Waals surface area contributed by atoms with Crippen LogP contribution < -0.4 is 12.4 Å². The van der Waals surface area contributed by atoms with E-state index in [2.05, 4.69) is 34.3 Å². The van der Waals surface area contributed by atoms with Gasteiger partial charge < -0.3 is 27.1 Å². The van der Waals surface area contributed by atoms with Gasteiger partial charge in [-0.3, -0.25) is 0 Å². The molecule has 0 saturated heterocycles. The van der Waals surface area contributed by atoms with Crippen LogP contribution in [0.5, 0.6) is 0 Å². The quantitative estimate of drug-likeness (QED) is 0.475. The number of hydrogen-bond donors (Lipinski definition) is 2. The molecular weight excluding hydrogens is 270 g/mol. The fraction of sp³-hybridized carbons (Fsp3) is 0.538. The Morgan fingerprint density at radius 3 is 1.63 bits per heavy atom. The summed E-state index contributed by atoms with van der Waals surface area (Å²) in [4.78, 5) is 19.9. The van der Waals surface area contributed by atoms with Crippen molar-refractivity contribution in [2.75, 3.05) is 27.7 Å². The molecule has 0 amide bonds. The molecule has 0 unspecified atom stereocenters. The number of carboxylic acids is 2. The van der Waals surface area contributed by atoms with Gasteiger partial charge in [-0.15, -0.1) is 0 Å². The van der Waals surface area contributed by atoms with Gasteiger partial charge in [0.2, 0.25) is 0 Å². The summed E-state index contributed by atoms with van der Waals surface area (Å²) in [5.41, 5.74) is 0.485. The molecule has 0 bridgehead atoms. The monoisotopic (exact) mass is 293 g/mol. The standard InChI is InChI=1S/C9H17NO2.C4H6O2.ClH/c1-8(9(11)12)6-5-7-10(2,3)4;1-3(2)4(5)6;/h1,5-7H2,2-4H3;1H2,2H3,(H,5,6);1H. The number of hydrogen-bond acceptors (Lipinski definition) is 2. The van der Waals surface area contributed by atoms with Gasteiger partial charge in [0.15, 0.2) is 0 Å². The normalized spacial score (nSPS) is 9.47. The van der Waals surface area contributed by atoms with Crippen LogP contribution in [0, 0.1) is 0 Å². The molecule has 0 radical (unpaired) electrons. The van der Waals surface area contributed by atoms with E-state index in [9.17, 15) is 9.59 Å². The average molecular weight is 294 g/mol. The van der Waals surface area contributed by atoms with E-state index >= 15 is 0 Å². The molecule has 6 heteroatoms. The lowest BCUT2D eigenvalue weighted by Gasteiger charge is -2.23. The Morgan fingerprint density at radius 2 is 1.42 bits per heavy atom. The molecule has 0 aromatic heterocycles. The van der Waals surface area contributed by atoms with Crippen molar-refractivity contribution in [3.63, 3.8) is 0 Å². The fourth-order valence-electron chi connectivity index (χ4n) is 0.874. The summed E-state index contributed by atoms with van der Waals surface area (Å²) in [5.74, 6) is -1.81. The molecule has 19 heavy (non-hydrogen) atoms. The van der Waals surface area contributed by atoms with Crippen LogP contribution in [0.15, 0.2) is 24.3 Å². The molecule has 0 spiro atoms. The summed E-state index contributed by atoms with van der Waals surface area (Å²) >= 11 is 0. The van der Waals surface area contributed by atoms with Gasteiger partial charge in [-0.25, -0.2) is 9.59 Å². The molecule has 0 rings (SSSR count). The van der Waals surface area contributed by atoms with Gasteiger partial charge in [-0.2, -0.15) is 0 Å². The first-order valence-electron chi connectivity index (χ1n) is 5.57. The van der Waals surface area contributed by atoms with Crippen molar-refractivity contribution in [3.05, 3.63) is 24.3 Å². The fourth-order valence-corrected chi connectivity index (χ4v) is 0.874. The Hall–Kier alpha value is -1.33. The number of nitrogens with zero attached hydrogens (tertiary/aromatic N) is 1. The van der Waals surface area contributed by atoms with Crippen molar-refractivity contribution < 1.29 is 36.7 Å². The number of aliphatic carboxylic acids is 2. The second kappa shape index (κ2) is 10.6. The van der Waals surface area contributed by atoms with E-state index in [-0.39, 0.29) is 18.0 Å². The van der Waals surface area contributed by atoms with E-state index in [0.717, 1.165) is 17.4 Å². The minimum atomic E-state index is -0.935. The molecule has 0 aliphatic rings. The molecule has 0 aromatic rings. The predicted octanol–water partition coefficient (Wildman–Crippen LogP) is -1.24. The maximum absolute atomic E-state index is 10.4. The van der Waals surface area contributed by atoms with Crippen LogP contribution >= 0.6 is 0 Å². The van der Waals surface area contributed by atoms with Gasteiger partial charge in [0, 0.05) is 17.6 Å². The third-order valence-electron chi connectivity index (χ3n) is 1.98. The van der Waals surface area contributed by atoms with Crippen LogP contribution in [-0.4, -0.2) is 54.3 Å². The lowest BCUT2D eigenvalue weighted by atomic mass is 10.1. The molecule has 112 valence electrons. The van der Waals surface area contributed by atoms with Crippen molar-refractivity contribution in [1.82, 2.24) is 0 Å². The lowest BCUT2D eigenvalue weighted by molar-refractivity contribution is -0.870. The summed E-state index contributed by atoms with van der Waals surface area (Å²) in [6.45, 7) is 9.05. The highest BCUT2D eigenvalue weighted by Gasteiger charge is 2.08. The first kappa shape index (κ1) is 22.8. The van der Waals surface area contributed by atoms with E-state index in [1.165, 1.54) is 6.92 Å². The van der Waals surface area contributed by atoms with E-state index in [0.29, 0.717) is 12.0 Å². The van der Waals surface area contributed by atoms with Gasteiger partial charge in [0.1, 0.15) is 0 Å². The molecule has 0 saturated carbocycles. The van der Waals surface area contributed by atoms with E-state index in [1.54, 1.807) is 0 Å². The van der Waals surface area contributed by atoms with Gasteiger partial charge in [0.05, 0.1) is 27.7 Å². The highest BCUT2D eigenvalue weighted by atomic mass is 35.5. The average Bonchev–Trinajstić information content (AvgIpc) is 2.16. The SMILES string of the molecule is C=C(C)C(=O)O.C=C(CCC[N+](C)(C)C)C(=O)O.[Cl-]. The van der Waals surface area contributed by atoms with E-state index < -0.39 is 11.9 Å². The van der Waals surface area contributed by atoms with E-state index in [4.69, 9.17) is 10.2 Å². The Kier molecular flexibility index (Phi) is 12.7. The highest BCUT2D eigenvalue weighted by Crippen LogP contribution is 2.04. The van der Waals surface area contributed by atoms with E-state index in [1.807, 2.05) is 0 Å². The van der Waals surface area contributed by atoms with Gasteiger partial charge >= 0.3 is 11.9 Å². The molecule has 2 N–H and O–H groups in total. The minimum absolute atomic E-state index is 0. The molecule has 0 heterocycles. The van der Waals surface area contributed by atoms with Crippen molar-refractivity contribution >= 4 is 11.9 Å². The largest absolute Gasteiger partial charge is 1.00 e. The Morgan fingerprint density at radius 1 is 1.05 bits per heavy atom. The molecule has 0 aliphatic heterocycles. The lowest BCUT2D eigenvalue weighted by Crippen LogP contribution is -3.00. The van der Waals surface area contributed by atoms with Crippen molar-refractivity contribution in [2.45, 2.75) is 19.8 Å². The molecule has 0 fully saturated rings. The minimum Gasteiger partial charge on any atom is -1.00 e. The zero-order valence-electron chi connectivity index (χ0n) is 12.1. The summed E-state index contributed by atoms with van der Waals surface area (Å²) in [7, 11) is 6.26. The van der Waals surface area contributed by atoms with Crippen LogP contribution in [0.25, 0.3) is 0 Å². The Balaban J connectivity index is -0.000000313. The molecule has 0 aliphatic carbocycles. The number of halogens is 1. The van der Waals surface area contributed by atoms with Crippen LogP contribution in [0.3, 0.4) is 0 Å². The second-order valence-electron chi connectivity index (χ2n) is 5.11. The zero-order chi connectivity index (χ0) is 14.9. The zero-order valence-corrected chi connectivity index (χ0v) is 12.8. The van der Waals surface area contributed by atoms with Gasteiger partial charge in [-0.1, -0.05) is 13.2 Å². The Labute approximate surface area is 121 Å². The van der Waals surface area contributed by atoms with Crippen LogP contribution in [0.1, 0.15) is 19.8 Å². The summed E-state index contributed by atoms with van der Waals surface area (Å²) < 4.78 is 0.868. The topological polar surface area (TPSA) is 74.6 Å². The smallest absolute Gasteiger partial charge is 0.330 e. The first-order chi connectivity index (χ1) is 7.97. The molecule has 0 aromatic carbocycles. The maximum atomic E-state index is 10.4. The van der Waals surface area contributed by atoms with Crippen LogP contribution in [-0.2, 0) is 9.59 Å². The molecule has 5 nitrogen and oxygen atoms in total. The summed E-state index contributed by atoms with van der Waals surface area (Å²) in [6.07, 6.45) is 1.47. The third kappa shape index (κ3) is 19.2. The van der Waals surface area contributed by atoms with Crippen LogP contribution in [0.2, 0.25) is 0 Å². The molecule has 0 atom stereocenters. The Bertz CT molecular complexity index is 320. The van der Waals surface area contributed by atoms with Gasteiger partial charge in [-0.05, 0) is 13.3 Å².